The summed E-state index contributed by atoms with van der Waals surface area (Å²) in [7, 11) is 0. The van der Waals surface area contributed by atoms with Crippen molar-refractivity contribution in [1.29, 1.82) is 0 Å². The van der Waals surface area contributed by atoms with Gasteiger partial charge in [-0.15, -0.1) is 0 Å². The maximum atomic E-state index is 11.9. The summed E-state index contributed by atoms with van der Waals surface area (Å²) in [6.45, 7) is 2.17. The Morgan fingerprint density at radius 1 is 1.08 bits per heavy atom. The molecule has 0 aliphatic rings. The largest absolute Gasteiger partial charge is 0.494 e. The lowest BCUT2D eigenvalue weighted by atomic mass is 10.1. The van der Waals surface area contributed by atoms with E-state index < -0.39 is 5.97 Å². The molecule has 1 amide bonds. The number of carbonyl (C=O) groups is 2. The fraction of sp³-hybridized carbons (Fsp3) is 0.263. The lowest BCUT2D eigenvalue weighted by Crippen LogP contribution is -2.21. The molecule has 6 heteroatoms. The molecule has 0 atom stereocenters. The SMILES string of the molecule is CCOc1ccccc1CCC(=O)OCC(=O)Nc1ccccc1Br. The van der Waals surface area contributed by atoms with Crippen LogP contribution in [0.5, 0.6) is 5.75 Å². The molecule has 25 heavy (non-hydrogen) atoms. The minimum atomic E-state index is -0.423. The van der Waals surface area contributed by atoms with Crippen LogP contribution in [0.2, 0.25) is 0 Å². The highest BCUT2D eigenvalue weighted by atomic mass is 79.9. The molecule has 0 saturated carbocycles. The standard InChI is InChI=1S/C19H20BrNO4/c1-2-24-17-10-6-3-7-14(17)11-12-19(23)25-13-18(22)21-16-9-5-4-8-15(16)20/h3-10H,2,11-13H2,1H3,(H,21,22). The maximum Gasteiger partial charge on any atom is 0.306 e. The molecule has 0 fully saturated rings. The Kier molecular flexibility index (Phi) is 7.47. The van der Waals surface area contributed by atoms with Crippen LogP contribution in [0.15, 0.2) is 53.0 Å². The summed E-state index contributed by atoms with van der Waals surface area (Å²) in [5.74, 6) is -0.0342. The summed E-state index contributed by atoms with van der Waals surface area (Å²) < 4.78 is 11.3. The molecule has 0 aromatic heterocycles. The number of rotatable bonds is 8. The van der Waals surface area contributed by atoms with Crippen LogP contribution in [0.1, 0.15) is 18.9 Å². The Bertz CT molecular complexity index is 733. The first-order valence-electron chi connectivity index (χ1n) is 8.01. The van der Waals surface area contributed by atoms with E-state index in [1.807, 2.05) is 49.4 Å². The van der Waals surface area contributed by atoms with Crippen LogP contribution in [0.25, 0.3) is 0 Å². The van der Waals surface area contributed by atoms with Gasteiger partial charge < -0.3 is 14.8 Å². The Hall–Kier alpha value is -2.34. The monoisotopic (exact) mass is 405 g/mol. The number of hydrogen-bond acceptors (Lipinski definition) is 4. The zero-order valence-corrected chi connectivity index (χ0v) is 15.5. The number of nitrogens with one attached hydrogen (secondary N) is 1. The van der Waals surface area contributed by atoms with Gasteiger partial charge in [0.25, 0.3) is 5.91 Å². The summed E-state index contributed by atoms with van der Waals surface area (Å²) in [4.78, 5) is 23.7. The number of para-hydroxylation sites is 2. The van der Waals surface area contributed by atoms with Gasteiger partial charge in [0, 0.05) is 10.9 Å². The number of halogens is 1. The van der Waals surface area contributed by atoms with Crippen LogP contribution in [0, 0.1) is 0 Å². The molecule has 0 saturated heterocycles. The molecule has 2 rings (SSSR count). The first-order chi connectivity index (χ1) is 12.1. The van der Waals surface area contributed by atoms with Crippen molar-refractivity contribution in [2.75, 3.05) is 18.5 Å². The van der Waals surface area contributed by atoms with Gasteiger partial charge in [0.15, 0.2) is 6.61 Å². The molecule has 0 radical (unpaired) electrons. The lowest BCUT2D eigenvalue weighted by molar-refractivity contribution is -0.147. The Balaban J connectivity index is 1.77. The fourth-order valence-electron chi connectivity index (χ4n) is 2.21. The van der Waals surface area contributed by atoms with E-state index in [0.29, 0.717) is 18.7 Å². The van der Waals surface area contributed by atoms with Crippen molar-refractivity contribution >= 4 is 33.5 Å². The van der Waals surface area contributed by atoms with Crippen molar-refractivity contribution in [3.63, 3.8) is 0 Å². The van der Waals surface area contributed by atoms with E-state index in [2.05, 4.69) is 21.2 Å². The molecular formula is C19H20BrNO4. The Labute approximate surface area is 155 Å². The van der Waals surface area contributed by atoms with E-state index in [0.717, 1.165) is 15.8 Å². The predicted octanol–water partition coefficient (Wildman–Crippen LogP) is 3.96. The first-order valence-corrected chi connectivity index (χ1v) is 8.80. The van der Waals surface area contributed by atoms with Crippen molar-refractivity contribution in [2.24, 2.45) is 0 Å². The highest BCUT2D eigenvalue weighted by molar-refractivity contribution is 9.10. The molecule has 0 spiro atoms. The molecule has 0 unspecified atom stereocenters. The van der Waals surface area contributed by atoms with E-state index in [4.69, 9.17) is 9.47 Å². The minimum Gasteiger partial charge on any atom is -0.494 e. The third-order valence-corrected chi connectivity index (χ3v) is 4.07. The van der Waals surface area contributed by atoms with Crippen LogP contribution in [0.4, 0.5) is 5.69 Å². The van der Waals surface area contributed by atoms with Crippen LogP contribution in [0.3, 0.4) is 0 Å². The maximum absolute atomic E-state index is 11.9. The zero-order valence-electron chi connectivity index (χ0n) is 14.0. The van der Waals surface area contributed by atoms with Gasteiger partial charge in [0.2, 0.25) is 0 Å². The van der Waals surface area contributed by atoms with Gasteiger partial charge in [0.05, 0.1) is 12.3 Å². The van der Waals surface area contributed by atoms with Gasteiger partial charge >= 0.3 is 5.97 Å². The number of aryl methyl sites for hydroxylation is 1. The predicted molar refractivity (Wildman–Crippen MR) is 99.7 cm³/mol. The molecule has 0 heterocycles. The molecule has 0 aliphatic heterocycles. The van der Waals surface area contributed by atoms with Gasteiger partial charge in [-0.25, -0.2) is 0 Å². The minimum absolute atomic E-state index is 0.187. The van der Waals surface area contributed by atoms with Crippen molar-refractivity contribution < 1.29 is 19.1 Å². The second kappa shape index (κ2) is 9.84. The van der Waals surface area contributed by atoms with E-state index in [1.54, 1.807) is 6.07 Å². The first kappa shape index (κ1) is 19.0. The van der Waals surface area contributed by atoms with E-state index in [1.165, 1.54) is 0 Å². The Morgan fingerprint density at radius 2 is 1.80 bits per heavy atom. The van der Waals surface area contributed by atoms with Crippen molar-refractivity contribution in [2.45, 2.75) is 19.8 Å². The van der Waals surface area contributed by atoms with Crippen LogP contribution in [-0.2, 0) is 20.7 Å². The lowest BCUT2D eigenvalue weighted by Gasteiger charge is -2.10. The highest BCUT2D eigenvalue weighted by Crippen LogP contribution is 2.21. The fourth-order valence-corrected chi connectivity index (χ4v) is 2.59. The number of esters is 1. The van der Waals surface area contributed by atoms with E-state index >= 15 is 0 Å². The molecule has 5 nitrogen and oxygen atoms in total. The summed E-state index contributed by atoms with van der Waals surface area (Å²) in [6, 6.07) is 14.8. The second-order valence-electron chi connectivity index (χ2n) is 5.23. The normalized spacial score (nSPS) is 10.2. The van der Waals surface area contributed by atoms with Gasteiger partial charge in [-0.3, -0.25) is 9.59 Å². The Morgan fingerprint density at radius 3 is 2.56 bits per heavy atom. The van der Waals surface area contributed by atoms with Gasteiger partial charge in [-0.2, -0.15) is 0 Å². The van der Waals surface area contributed by atoms with Crippen LogP contribution >= 0.6 is 15.9 Å². The third-order valence-electron chi connectivity index (χ3n) is 3.38. The topological polar surface area (TPSA) is 64.6 Å². The summed E-state index contributed by atoms with van der Waals surface area (Å²) in [6.07, 6.45) is 0.688. The van der Waals surface area contributed by atoms with Crippen LogP contribution < -0.4 is 10.1 Å². The second-order valence-corrected chi connectivity index (χ2v) is 6.08. The average Bonchev–Trinajstić information content (AvgIpc) is 2.61. The van der Waals surface area contributed by atoms with Crippen molar-refractivity contribution in [3.05, 3.63) is 58.6 Å². The highest BCUT2D eigenvalue weighted by Gasteiger charge is 2.11. The quantitative estimate of drug-likeness (QED) is 0.674. The molecule has 1 N–H and O–H groups in total. The third kappa shape index (κ3) is 6.23. The number of ether oxygens (including phenoxy) is 2. The molecule has 132 valence electrons. The van der Waals surface area contributed by atoms with E-state index in [-0.39, 0.29) is 18.9 Å². The number of carbonyl (C=O) groups excluding carboxylic acids is 2. The zero-order chi connectivity index (χ0) is 18.1. The summed E-state index contributed by atoms with van der Waals surface area (Å²) in [5.41, 5.74) is 1.58. The average molecular weight is 406 g/mol. The molecule has 0 aliphatic carbocycles. The number of benzene rings is 2. The van der Waals surface area contributed by atoms with Gasteiger partial charge in [-0.1, -0.05) is 30.3 Å². The van der Waals surface area contributed by atoms with E-state index in [9.17, 15) is 9.59 Å². The molecule has 2 aromatic carbocycles. The van der Waals surface area contributed by atoms with Crippen molar-refractivity contribution in [3.8, 4) is 5.75 Å². The van der Waals surface area contributed by atoms with Crippen molar-refractivity contribution in [1.82, 2.24) is 0 Å². The van der Waals surface area contributed by atoms with Crippen LogP contribution in [-0.4, -0.2) is 25.1 Å². The molecular weight excluding hydrogens is 386 g/mol. The molecule has 0 bridgehead atoms. The smallest absolute Gasteiger partial charge is 0.306 e. The van der Waals surface area contributed by atoms with Gasteiger partial charge in [-0.05, 0) is 53.0 Å². The molecule has 2 aromatic rings. The number of amides is 1. The van der Waals surface area contributed by atoms with Gasteiger partial charge in [0.1, 0.15) is 5.75 Å². The summed E-state index contributed by atoms with van der Waals surface area (Å²) >= 11 is 3.34. The number of hydrogen-bond donors (Lipinski definition) is 1. The number of anilines is 1. The summed E-state index contributed by atoms with van der Waals surface area (Å²) in [5, 5.41) is 2.68.